The van der Waals surface area contributed by atoms with Crippen LogP contribution in [-0.4, -0.2) is 34.1 Å². The first kappa shape index (κ1) is 19.2. The van der Waals surface area contributed by atoms with Crippen LogP contribution in [-0.2, 0) is 16.4 Å². The molecule has 0 saturated heterocycles. The summed E-state index contributed by atoms with van der Waals surface area (Å²) in [5, 5.41) is 2.79. The van der Waals surface area contributed by atoms with Gasteiger partial charge in [0.15, 0.2) is 0 Å². The van der Waals surface area contributed by atoms with Gasteiger partial charge in [-0.3, -0.25) is 4.79 Å². The Balaban J connectivity index is 1.90. The fourth-order valence-electron chi connectivity index (χ4n) is 2.93. The van der Waals surface area contributed by atoms with Crippen molar-refractivity contribution in [1.29, 1.82) is 0 Å². The van der Waals surface area contributed by atoms with E-state index in [1.807, 2.05) is 19.9 Å². The minimum atomic E-state index is -3.63. The van der Waals surface area contributed by atoms with E-state index in [1.54, 1.807) is 12.1 Å². The second kappa shape index (κ2) is 7.58. The third-order valence-corrected chi connectivity index (χ3v) is 5.63. The molecule has 0 unspecified atom stereocenters. The molecule has 3 rings (SSSR count). The van der Waals surface area contributed by atoms with E-state index in [-0.39, 0.29) is 16.6 Å². The van der Waals surface area contributed by atoms with Gasteiger partial charge in [-0.15, -0.1) is 0 Å². The third-order valence-electron chi connectivity index (χ3n) is 4.22. The van der Waals surface area contributed by atoms with Gasteiger partial charge < -0.3 is 14.8 Å². The SMILES string of the molecule is CCOc1cc2c(cc1NC(=O)c1cccc(S(=O)(=O)NC)c1)O[C@@H](C)C2. The number of fused-ring (bicyclic) bond motifs is 1. The van der Waals surface area contributed by atoms with E-state index in [9.17, 15) is 13.2 Å². The maximum Gasteiger partial charge on any atom is 0.255 e. The van der Waals surface area contributed by atoms with Crippen molar-refractivity contribution in [1.82, 2.24) is 4.72 Å². The number of rotatable bonds is 6. The number of sulfonamides is 1. The number of carbonyl (C=O) groups excluding carboxylic acids is 1. The average Bonchev–Trinajstić information content (AvgIpc) is 3.01. The Labute approximate surface area is 158 Å². The van der Waals surface area contributed by atoms with Crippen LogP contribution in [0.25, 0.3) is 0 Å². The highest BCUT2D eigenvalue weighted by molar-refractivity contribution is 7.89. The highest BCUT2D eigenvalue weighted by Gasteiger charge is 2.23. The smallest absolute Gasteiger partial charge is 0.255 e. The Morgan fingerprint density at radius 2 is 2.07 bits per heavy atom. The molecule has 27 heavy (non-hydrogen) atoms. The van der Waals surface area contributed by atoms with Crippen LogP contribution in [0.5, 0.6) is 11.5 Å². The van der Waals surface area contributed by atoms with Crippen LogP contribution < -0.4 is 19.5 Å². The van der Waals surface area contributed by atoms with E-state index in [0.717, 1.165) is 12.0 Å². The number of hydrogen-bond acceptors (Lipinski definition) is 5. The fourth-order valence-corrected chi connectivity index (χ4v) is 3.70. The number of carbonyl (C=O) groups is 1. The van der Waals surface area contributed by atoms with Crippen molar-refractivity contribution in [3.05, 3.63) is 47.5 Å². The second-order valence-corrected chi connectivity index (χ2v) is 8.10. The first-order chi connectivity index (χ1) is 12.8. The Morgan fingerprint density at radius 3 is 2.78 bits per heavy atom. The van der Waals surface area contributed by atoms with Crippen molar-refractivity contribution in [2.75, 3.05) is 19.0 Å². The molecule has 0 fully saturated rings. The van der Waals surface area contributed by atoms with Crippen LogP contribution in [0, 0.1) is 0 Å². The summed E-state index contributed by atoms with van der Waals surface area (Å²) >= 11 is 0. The van der Waals surface area contributed by atoms with Crippen LogP contribution in [0.2, 0.25) is 0 Å². The molecule has 0 radical (unpaired) electrons. The molecule has 2 aromatic carbocycles. The highest BCUT2D eigenvalue weighted by atomic mass is 32.2. The van der Waals surface area contributed by atoms with Crippen LogP contribution in [0.1, 0.15) is 29.8 Å². The molecule has 1 aliphatic rings. The summed E-state index contributed by atoms with van der Waals surface area (Å²) in [4.78, 5) is 12.7. The zero-order valence-corrected chi connectivity index (χ0v) is 16.2. The molecule has 2 aromatic rings. The highest BCUT2D eigenvalue weighted by Crippen LogP contribution is 2.38. The Morgan fingerprint density at radius 1 is 1.30 bits per heavy atom. The number of ether oxygens (including phenoxy) is 2. The quantitative estimate of drug-likeness (QED) is 0.791. The monoisotopic (exact) mass is 390 g/mol. The normalized spacial score (nSPS) is 15.7. The minimum absolute atomic E-state index is 0.0220. The van der Waals surface area contributed by atoms with E-state index in [1.165, 1.54) is 25.2 Å². The number of amides is 1. The van der Waals surface area contributed by atoms with Gasteiger partial charge in [-0.25, -0.2) is 13.1 Å². The number of benzene rings is 2. The largest absolute Gasteiger partial charge is 0.492 e. The molecule has 0 spiro atoms. The van der Waals surface area contributed by atoms with Crippen molar-refractivity contribution in [2.24, 2.45) is 0 Å². The molecule has 2 N–H and O–H groups in total. The van der Waals surface area contributed by atoms with Crippen molar-refractivity contribution >= 4 is 21.6 Å². The Hall–Kier alpha value is -2.58. The minimum Gasteiger partial charge on any atom is -0.492 e. The van der Waals surface area contributed by atoms with Gasteiger partial charge in [0.1, 0.15) is 17.6 Å². The van der Waals surface area contributed by atoms with E-state index >= 15 is 0 Å². The molecular weight excluding hydrogens is 368 g/mol. The predicted octanol–water partition coefficient (Wildman–Crippen LogP) is 2.57. The lowest BCUT2D eigenvalue weighted by Gasteiger charge is -2.14. The Kier molecular flexibility index (Phi) is 5.38. The molecule has 1 atom stereocenters. The van der Waals surface area contributed by atoms with Gasteiger partial charge in [0.05, 0.1) is 17.2 Å². The van der Waals surface area contributed by atoms with Gasteiger partial charge in [0.25, 0.3) is 5.91 Å². The van der Waals surface area contributed by atoms with Crippen LogP contribution in [0.3, 0.4) is 0 Å². The van der Waals surface area contributed by atoms with E-state index < -0.39 is 15.9 Å². The van der Waals surface area contributed by atoms with Crippen LogP contribution >= 0.6 is 0 Å². The molecule has 0 aliphatic carbocycles. The first-order valence-electron chi connectivity index (χ1n) is 8.65. The molecule has 144 valence electrons. The standard InChI is InChI=1S/C19H22N2O5S/c1-4-25-18-10-14-8-12(2)26-17(14)11-16(18)21-19(22)13-6-5-7-15(9-13)27(23,24)20-3/h5-7,9-12,20H,4,8H2,1-3H3,(H,21,22)/t12-/m0/s1. The summed E-state index contributed by atoms with van der Waals surface area (Å²) in [6.45, 7) is 4.30. The van der Waals surface area contributed by atoms with Crippen molar-refractivity contribution in [3.63, 3.8) is 0 Å². The zero-order chi connectivity index (χ0) is 19.6. The van der Waals surface area contributed by atoms with Gasteiger partial charge >= 0.3 is 0 Å². The molecular formula is C19H22N2O5S. The Bertz CT molecular complexity index is 972. The topological polar surface area (TPSA) is 93.7 Å². The number of anilines is 1. The summed E-state index contributed by atoms with van der Waals surface area (Å²) in [5.74, 6) is 0.837. The van der Waals surface area contributed by atoms with Gasteiger partial charge in [-0.2, -0.15) is 0 Å². The zero-order valence-electron chi connectivity index (χ0n) is 15.4. The molecule has 0 bridgehead atoms. The molecule has 0 aromatic heterocycles. The summed E-state index contributed by atoms with van der Waals surface area (Å²) < 4.78 is 37.5. The summed E-state index contributed by atoms with van der Waals surface area (Å²) in [6.07, 6.45) is 0.858. The van der Waals surface area contributed by atoms with Gasteiger partial charge in [0, 0.05) is 23.6 Å². The summed E-state index contributed by atoms with van der Waals surface area (Å²) in [7, 11) is -2.31. The van der Waals surface area contributed by atoms with E-state index in [4.69, 9.17) is 9.47 Å². The van der Waals surface area contributed by atoms with E-state index in [2.05, 4.69) is 10.0 Å². The van der Waals surface area contributed by atoms with Crippen LogP contribution in [0.15, 0.2) is 41.3 Å². The van der Waals surface area contributed by atoms with Gasteiger partial charge in [0.2, 0.25) is 10.0 Å². The lowest BCUT2D eigenvalue weighted by molar-refractivity contribution is 0.102. The second-order valence-electron chi connectivity index (χ2n) is 6.21. The maximum atomic E-state index is 12.7. The average molecular weight is 390 g/mol. The molecule has 0 saturated carbocycles. The summed E-state index contributed by atoms with van der Waals surface area (Å²) in [6, 6.07) is 9.45. The lowest BCUT2D eigenvalue weighted by Crippen LogP contribution is -2.19. The molecule has 1 amide bonds. The van der Waals surface area contributed by atoms with Crippen LogP contribution in [0.4, 0.5) is 5.69 Å². The molecule has 8 heteroatoms. The predicted molar refractivity (Wildman–Crippen MR) is 102 cm³/mol. The van der Waals surface area contributed by atoms with Crippen molar-refractivity contribution in [2.45, 2.75) is 31.3 Å². The first-order valence-corrected chi connectivity index (χ1v) is 10.1. The summed E-state index contributed by atoms with van der Waals surface area (Å²) in [5.41, 5.74) is 1.74. The molecule has 1 heterocycles. The van der Waals surface area contributed by atoms with Gasteiger partial charge in [-0.05, 0) is 45.2 Å². The molecule has 7 nitrogen and oxygen atoms in total. The van der Waals surface area contributed by atoms with Crippen molar-refractivity contribution < 1.29 is 22.7 Å². The third kappa shape index (κ3) is 4.06. The lowest BCUT2D eigenvalue weighted by atomic mass is 10.1. The number of nitrogens with one attached hydrogen (secondary N) is 2. The molecule has 1 aliphatic heterocycles. The van der Waals surface area contributed by atoms with E-state index in [0.29, 0.717) is 23.8 Å². The van der Waals surface area contributed by atoms with Gasteiger partial charge in [-0.1, -0.05) is 6.07 Å². The fraction of sp³-hybridized carbons (Fsp3) is 0.316. The maximum absolute atomic E-state index is 12.7. The number of hydrogen-bond donors (Lipinski definition) is 2. The van der Waals surface area contributed by atoms with Crippen molar-refractivity contribution in [3.8, 4) is 11.5 Å².